The minimum absolute atomic E-state index is 0.179. The highest BCUT2D eigenvalue weighted by Gasteiger charge is 2.37. The first-order valence-electron chi connectivity index (χ1n) is 8.60. The summed E-state index contributed by atoms with van der Waals surface area (Å²) < 4.78 is 14.0. The predicted octanol–water partition coefficient (Wildman–Crippen LogP) is 3.30. The van der Waals surface area contributed by atoms with E-state index in [0.29, 0.717) is 6.42 Å². The molecule has 3 nitrogen and oxygen atoms in total. The molecule has 0 unspecified atom stereocenters. The van der Waals surface area contributed by atoms with Crippen LogP contribution in [0.5, 0.6) is 0 Å². The lowest BCUT2D eigenvalue weighted by Gasteiger charge is -2.29. The van der Waals surface area contributed by atoms with Gasteiger partial charge in [0.2, 0.25) is 0 Å². The summed E-state index contributed by atoms with van der Waals surface area (Å²) in [6, 6.07) is 19.0. The van der Waals surface area contributed by atoms with Crippen LogP contribution in [0, 0.1) is 0 Å². The van der Waals surface area contributed by atoms with Crippen molar-refractivity contribution in [2.24, 2.45) is 0 Å². The van der Waals surface area contributed by atoms with Gasteiger partial charge in [-0.1, -0.05) is 80.4 Å². The molecule has 0 saturated heterocycles. The zero-order valence-corrected chi connectivity index (χ0v) is 15.1. The minimum atomic E-state index is -2.93. The summed E-state index contributed by atoms with van der Waals surface area (Å²) in [5.41, 5.74) is -0.351. The number of hydrogen-bond acceptors (Lipinski definition) is 3. The van der Waals surface area contributed by atoms with Gasteiger partial charge in [0.1, 0.15) is 7.14 Å². The van der Waals surface area contributed by atoms with Crippen LogP contribution in [-0.4, -0.2) is 28.6 Å². The van der Waals surface area contributed by atoms with E-state index in [-0.39, 0.29) is 12.3 Å². The highest BCUT2D eigenvalue weighted by Crippen LogP contribution is 2.50. The van der Waals surface area contributed by atoms with Crippen LogP contribution in [0.1, 0.15) is 32.6 Å². The van der Waals surface area contributed by atoms with E-state index < -0.39 is 13.2 Å². The van der Waals surface area contributed by atoms with E-state index in [9.17, 15) is 9.67 Å². The molecule has 2 N–H and O–H groups in total. The van der Waals surface area contributed by atoms with Crippen molar-refractivity contribution in [3.05, 3.63) is 60.7 Å². The largest absolute Gasteiger partial charge is 0.396 e. The van der Waals surface area contributed by atoms with Gasteiger partial charge in [0.05, 0.1) is 6.10 Å². The third-order valence-electron chi connectivity index (χ3n) is 4.57. The van der Waals surface area contributed by atoms with Crippen LogP contribution >= 0.6 is 7.14 Å². The molecular formula is C20H27O3P. The van der Waals surface area contributed by atoms with Crippen LogP contribution in [0.3, 0.4) is 0 Å². The first-order valence-corrected chi connectivity index (χ1v) is 10.4. The topological polar surface area (TPSA) is 57.5 Å². The molecule has 0 heterocycles. The molecular weight excluding hydrogens is 319 g/mol. The summed E-state index contributed by atoms with van der Waals surface area (Å²) in [6.07, 6.45) is 2.42. The van der Waals surface area contributed by atoms with Crippen LogP contribution in [-0.2, 0) is 4.57 Å². The first kappa shape index (κ1) is 18.9. The van der Waals surface area contributed by atoms with Gasteiger partial charge in [-0.15, -0.1) is 0 Å². The third-order valence-corrected chi connectivity index (χ3v) is 8.19. The lowest BCUT2D eigenvalue weighted by Crippen LogP contribution is -2.32. The summed E-state index contributed by atoms with van der Waals surface area (Å²) in [5, 5.41) is 21.1. The SMILES string of the molecule is C[C@@H]([C@@H](O)CCCCCO)P(=O)(c1ccccc1)c1ccccc1. The number of rotatable bonds is 9. The van der Waals surface area contributed by atoms with E-state index in [1.165, 1.54) is 0 Å². The minimum Gasteiger partial charge on any atom is -0.396 e. The Hall–Kier alpha value is -1.41. The molecule has 2 aromatic carbocycles. The van der Waals surface area contributed by atoms with Crippen molar-refractivity contribution in [3.8, 4) is 0 Å². The molecule has 24 heavy (non-hydrogen) atoms. The monoisotopic (exact) mass is 346 g/mol. The fourth-order valence-electron chi connectivity index (χ4n) is 3.04. The fraction of sp³-hybridized carbons (Fsp3) is 0.400. The normalized spacial score (nSPS) is 14.3. The average molecular weight is 346 g/mol. The summed E-state index contributed by atoms with van der Waals surface area (Å²) in [4.78, 5) is 0. The van der Waals surface area contributed by atoms with Gasteiger partial charge in [-0.2, -0.15) is 0 Å². The second-order valence-electron chi connectivity index (χ2n) is 6.21. The van der Waals surface area contributed by atoms with Crippen molar-refractivity contribution < 1.29 is 14.8 Å². The predicted molar refractivity (Wildman–Crippen MR) is 101 cm³/mol. The molecule has 2 rings (SSSR count). The van der Waals surface area contributed by atoms with E-state index in [2.05, 4.69) is 0 Å². The molecule has 130 valence electrons. The Balaban J connectivity index is 2.28. The summed E-state index contributed by atoms with van der Waals surface area (Å²) in [5.74, 6) is 0. The second kappa shape index (κ2) is 9.17. The lowest BCUT2D eigenvalue weighted by atomic mass is 10.1. The van der Waals surface area contributed by atoms with E-state index in [1.54, 1.807) is 0 Å². The van der Waals surface area contributed by atoms with Gasteiger partial charge in [-0.25, -0.2) is 0 Å². The lowest BCUT2D eigenvalue weighted by molar-refractivity contribution is 0.157. The fourth-order valence-corrected chi connectivity index (χ4v) is 6.15. The Kier molecular flexibility index (Phi) is 7.23. The van der Waals surface area contributed by atoms with E-state index in [0.717, 1.165) is 29.9 Å². The number of benzene rings is 2. The molecule has 0 aliphatic heterocycles. The van der Waals surface area contributed by atoms with Crippen molar-refractivity contribution in [2.45, 2.75) is 44.4 Å². The number of unbranched alkanes of at least 4 members (excludes halogenated alkanes) is 2. The maximum absolute atomic E-state index is 14.0. The molecule has 4 heteroatoms. The Labute approximate surface area is 144 Å². The Morgan fingerprint density at radius 3 is 1.83 bits per heavy atom. The molecule has 0 bridgehead atoms. The van der Waals surface area contributed by atoms with Gasteiger partial charge in [-0.3, -0.25) is 0 Å². The maximum atomic E-state index is 14.0. The van der Waals surface area contributed by atoms with Crippen LogP contribution < -0.4 is 10.6 Å². The van der Waals surface area contributed by atoms with Gasteiger partial charge < -0.3 is 14.8 Å². The van der Waals surface area contributed by atoms with E-state index >= 15 is 0 Å². The average Bonchev–Trinajstić information content (AvgIpc) is 2.65. The molecule has 0 amide bonds. The third kappa shape index (κ3) is 4.36. The zero-order valence-electron chi connectivity index (χ0n) is 14.2. The number of aliphatic hydroxyl groups is 2. The van der Waals surface area contributed by atoms with E-state index in [4.69, 9.17) is 5.11 Å². The summed E-state index contributed by atoms with van der Waals surface area (Å²) in [6.45, 7) is 2.07. The van der Waals surface area contributed by atoms with Gasteiger partial charge in [0.25, 0.3) is 0 Å². The van der Waals surface area contributed by atoms with Gasteiger partial charge in [0.15, 0.2) is 0 Å². The van der Waals surface area contributed by atoms with Crippen molar-refractivity contribution in [1.82, 2.24) is 0 Å². The highest BCUT2D eigenvalue weighted by atomic mass is 31.2. The Morgan fingerprint density at radius 2 is 1.38 bits per heavy atom. The van der Waals surface area contributed by atoms with Gasteiger partial charge in [0, 0.05) is 22.9 Å². The molecule has 0 aliphatic rings. The van der Waals surface area contributed by atoms with Gasteiger partial charge >= 0.3 is 0 Å². The number of aliphatic hydroxyl groups excluding tert-OH is 2. The molecule has 0 fully saturated rings. The summed E-state index contributed by atoms with van der Waals surface area (Å²) in [7, 11) is -2.93. The maximum Gasteiger partial charge on any atom is 0.148 e. The zero-order chi connectivity index (χ0) is 17.4. The number of hydrogen-bond donors (Lipinski definition) is 2. The Morgan fingerprint density at radius 1 is 0.875 bits per heavy atom. The standard InChI is InChI=1S/C20H27O3P/c1-17(20(22)15-9-4-10-16-21)24(23,18-11-5-2-6-12-18)19-13-7-3-8-14-19/h2-3,5-8,11-14,17,20-22H,4,9-10,15-16H2,1H3/t17-,20-/m0/s1. The molecule has 0 spiro atoms. The highest BCUT2D eigenvalue weighted by molar-refractivity contribution is 7.79. The van der Waals surface area contributed by atoms with Crippen LogP contribution in [0.2, 0.25) is 0 Å². The van der Waals surface area contributed by atoms with Crippen LogP contribution in [0.4, 0.5) is 0 Å². The van der Waals surface area contributed by atoms with Crippen molar-refractivity contribution in [2.75, 3.05) is 6.61 Å². The quantitative estimate of drug-likeness (QED) is 0.541. The molecule has 0 aliphatic carbocycles. The summed E-state index contributed by atoms with van der Waals surface area (Å²) >= 11 is 0. The Bertz CT molecular complexity index is 599. The van der Waals surface area contributed by atoms with Crippen molar-refractivity contribution in [1.29, 1.82) is 0 Å². The van der Waals surface area contributed by atoms with Crippen molar-refractivity contribution >= 4 is 17.8 Å². The second-order valence-corrected chi connectivity index (χ2v) is 9.37. The van der Waals surface area contributed by atoms with Gasteiger partial charge in [-0.05, 0) is 12.8 Å². The van der Waals surface area contributed by atoms with E-state index in [1.807, 2.05) is 67.6 Å². The van der Waals surface area contributed by atoms with Crippen LogP contribution in [0.25, 0.3) is 0 Å². The molecule has 2 atom stereocenters. The molecule has 0 aromatic heterocycles. The van der Waals surface area contributed by atoms with Crippen molar-refractivity contribution in [3.63, 3.8) is 0 Å². The first-order chi connectivity index (χ1) is 11.6. The van der Waals surface area contributed by atoms with Crippen LogP contribution in [0.15, 0.2) is 60.7 Å². The molecule has 0 radical (unpaired) electrons. The molecule has 0 saturated carbocycles. The smallest absolute Gasteiger partial charge is 0.148 e. The molecule has 2 aromatic rings.